The molecule has 1 unspecified atom stereocenters. The van der Waals surface area contributed by atoms with Gasteiger partial charge in [-0.15, -0.1) is 0 Å². The number of piperidine rings is 1. The number of hydrogen-bond donors (Lipinski definition) is 2. The van der Waals surface area contributed by atoms with Gasteiger partial charge in [-0.05, 0) is 37.6 Å². The van der Waals surface area contributed by atoms with Crippen LogP contribution in [0.15, 0.2) is 18.2 Å². The van der Waals surface area contributed by atoms with E-state index in [2.05, 4.69) is 16.4 Å². The summed E-state index contributed by atoms with van der Waals surface area (Å²) < 4.78 is 5.38. The molecule has 1 aliphatic heterocycles. The van der Waals surface area contributed by atoms with Crippen molar-refractivity contribution in [3.63, 3.8) is 0 Å². The van der Waals surface area contributed by atoms with E-state index in [0.717, 1.165) is 34.8 Å². The first kappa shape index (κ1) is 11.9. The van der Waals surface area contributed by atoms with Gasteiger partial charge in [0.2, 0.25) is 0 Å². The van der Waals surface area contributed by atoms with Gasteiger partial charge in [-0.2, -0.15) is 0 Å². The molecule has 96 valence electrons. The smallest absolute Gasteiger partial charge is 0.143 e. The van der Waals surface area contributed by atoms with Crippen LogP contribution < -0.4 is 10.1 Å². The first-order chi connectivity index (χ1) is 8.79. The summed E-state index contributed by atoms with van der Waals surface area (Å²) in [5.74, 6) is 1.40. The quantitative estimate of drug-likeness (QED) is 0.873. The molecule has 2 N–H and O–H groups in total. The SMILES string of the molecule is COc1ccc(Cl)c2cc(C3CCCNC3)[nH]c12. The molecule has 1 aromatic heterocycles. The Morgan fingerprint density at radius 2 is 2.28 bits per heavy atom. The zero-order valence-corrected chi connectivity index (χ0v) is 11.2. The predicted octanol–water partition coefficient (Wildman–Crippen LogP) is 3.30. The number of H-pyrrole nitrogens is 1. The van der Waals surface area contributed by atoms with Crippen LogP contribution in [0.5, 0.6) is 5.75 Å². The lowest BCUT2D eigenvalue weighted by atomic mass is 9.96. The minimum Gasteiger partial charge on any atom is -0.495 e. The van der Waals surface area contributed by atoms with E-state index in [1.165, 1.54) is 18.5 Å². The van der Waals surface area contributed by atoms with Crippen LogP contribution in [0.2, 0.25) is 5.02 Å². The van der Waals surface area contributed by atoms with Gasteiger partial charge in [-0.3, -0.25) is 0 Å². The van der Waals surface area contributed by atoms with Gasteiger partial charge >= 0.3 is 0 Å². The monoisotopic (exact) mass is 264 g/mol. The second-order valence-corrected chi connectivity index (χ2v) is 5.21. The van der Waals surface area contributed by atoms with Crippen molar-refractivity contribution in [1.29, 1.82) is 0 Å². The Hall–Kier alpha value is -1.19. The Kier molecular flexibility index (Phi) is 3.18. The van der Waals surface area contributed by atoms with Crippen molar-refractivity contribution in [1.82, 2.24) is 10.3 Å². The summed E-state index contributed by atoms with van der Waals surface area (Å²) in [6.45, 7) is 2.16. The fourth-order valence-electron chi connectivity index (χ4n) is 2.69. The third-order valence-corrected chi connectivity index (χ3v) is 4.01. The van der Waals surface area contributed by atoms with Crippen molar-refractivity contribution in [2.75, 3.05) is 20.2 Å². The Morgan fingerprint density at radius 1 is 1.39 bits per heavy atom. The minimum atomic E-state index is 0.548. The van der Waals surface area contributed by atoms with E-state index in [1.54, 1.807) is 7.11 Å². The first-order valence-electron chi connectivity index (χ1n) is 6.35. The van der Waals surface area contributed by atoms with Gasteiger partial charge in [0, 0.05) is 23.5 Å². The van der Waals surface area contributed by atoms with Gasteiger partial charge in [0.05, 0.1) is 17.6 Å². The average Bonchev–Trinajstić information content (AvgIpc) is 2.86. The number of aromatic nitrogens is 1. The molecule has 0 saturated carbocycles. The molecule has 0 amide bonds. The Labute approximate surface area is 111 Å². The summed E-state index contributed by atoms with van der Waals surface area (Å²) in [6.07, 6.45) is 2.45. The number of halogens is 1. The lowest BCUT2D eigenvalue weighted by Crippen LogP contribution is -2.28. The van der Waals surface area contributed by atoms with Crippen molar-refractivity contribution in [2.45, 2.75) is 18.8 Å². The normalized spacial score (nSPS) is 20.2. The molecule has 0 radical (unpaired) electrons. The second-order valence-electron chi connectivity index (χ2n) is 4.81. The van der Waals surface area contributed by atoms with Crippen molar-refractivity contribution in [3.05, 3.63) is 28.9 Å². The lowest BCUT2D eigenvalue weighted by molar-refractivity contribution is 0.418. The highest BCUT2D eigenvalue weighted by atomic mass is 35.5. The molecule has 3 nitrogen and oxygen atoms in total. The highest BCUT2D eigenvalue weighted by Gasteiger charge is 2.18. The van der Waals surface area contributed by atoms with Crippen LogP contribution in [0.3, 0.4) is 0 Å². The summed E-state index contributed by atoms with van der Waals surface area (Å²) in [4.78, 5) is 3.48. The Morgan fingerprint density at radius 3 is 3.00 bits per heavy atom. The lowest BCUT2D eigenvalue weighted by Gasteiger charge is -2.21. The standard InChI is InChI=1S/C14H17ClN2O/c1-18-13-5-4-11(15)10-7-12(17-14(10)13)9-3-2-6-16-8-9/h4-5,7,9,16-17H,2-3,6,8H2,1H3. The molecule has 0 aliphatic carbocycles. The number of rotatable bonds is 2. The molecule has 1 atom stereocenters. The number of aromatic amines is 1. The molecule has 18 heavy (non-hydrogen) atoms. The fraction of sp³-hybridized carbons (Fsp3) is 0.429. The van der Waals surface area contributed by atoms with Crippen LogP contribution in [0.25, 0.3) is 10.9 Å². The Balaban J connectivity index is 2.06. The third kappa shape index (κ3) is 1.98. The summed E-state index contributed by atoms with van der Waals surface area (Å²) in [5, 5.41) is 5.26. The summed E-state index contributed by atoms with van der Waals surface area (Å²) >= 11 is 6.25. The third-order valence-electron chi connectivity index (χ3n) is 3.68. The second kappa shape index (κ2) is 4.82. The molecule has 0 bridgehead atoms. The summed E-state index contributed by atoms with van der Waals surface area (Å²) in [6, 6.07) is 5.96. The maximum atomic E-state index is 6.25. The number of methoxy groups -OCH3 is 1. The minimum absolute atomic E-state index is 0.548. The summed E-state index contributed by atoms with van der Waals surface area (Å²) in [7, 11) is 1.69. The van der Waals surface area contributed by atoms with Gasteiger partial charge in [0.1, 0.15) is 5.75 Å². The van der Waals surface area contributed by atoms with Crippen LogP contribution in [0, 0.1) is 0 Å². The molecule has 0 spiro atoms. The van der Waals surface area contributed by atoms with E-state index in [9.17, 15) is 0 Å². The largest absolute Gasteiger partial charge is 0.495 e. The average molecular weight is 265 g/mol. The number of benzene rings is 1. The first-order valence-corrected chi connectivity index (χ1v) is 6.73. The molecule has 1 aliphatic rings. The van der Waals surface area contributed by atoms with E-state index in [-0.39, 0.29) is 0 Å². The fourth-order valence-corrected chi connectivity index (χ4v) is 2.90. The molecule has 3 rings (SSSR count). The highest BCUT2D eigenvalue weighted by Crippen LogP contribution is 2.34. The summed E-state index contributed by atoms with van der Waals surface area (Å²) in [5.41, 5.74) is 2.26. The van der Waals surface area contributed by atoms with Gasteiger partial charge in [0.15, 0.2) is 0 Å². The van der Waals surface area contributed by atoms with Gasteiger partial charge in [-0.25, -0.2) is 0 Å². The zero-order valence-electron chi connectivity index (χ0n) is 10.4. The predicted molar refractivity (Wildman–Crippen MR) is 74.7 cm³/mol. The molecule has 1 fully saturated rings. The van der Waals surface area contributed by atoms with Gasteiger partial charge < -0.3 is 15.0 Å². The van der Waals surface area contributed by atoms with E-state index in [0.29, 0.717) is 5.92 Å². The number of fused-ring (bicyclic) bond motifs is 1. The van der Waals surface area contributed by atoms with Crippen molar-refractivity contribution in [2.24, 2.45) is 0 Å². The molecular weight excluding hydrogens is 248 g/mol. The van der Waals surface area contributed by atoms with Crippen LogP contribution in [-0.4, -0.2) is 25.2 Å². The topological polar surface area (TPSA) is 37.0 Å². The van der Waals surface area contributed by atoms with E-state index in [4.69, 9.17) is 16.3 Å². The number of nitrogens with one attached hydrogen (secondary N) is 2. The van der Waals surface area contributed by atoms with Gasteiger partial charge in [-0.1, -0.05) is 11.6 Å². The molecule has 2 heterocycles. The van der Waals surface area contributed by atoms with Crippen LogP contribution in [0.4, 0.5) is 0 Å². The van der Waals surface area contributed by atoms with E-state index >= 15 is 0 Å². The molecular formula is C14H17ClN2O. The zero-order chi connectivity index (χ0) is 12.5. The molecule has 1 saturated heterocycles. The highest BCUT2D eigenvalue weighted by molar-refractivity contribution is 6.35. The van der Waals surface area contributed by atoms with Crippen molar-refractivity contribution >= 4 is 22.5 Å². The Bertz CT molecular complexity index is 558. The van der Waals surface area contributed by atoms with Crippen LogP contribution in [-0.2, 0) is 0 Å². The number of ether oxygens (including phenoxy) is 1. The van der Waals surface area contributed by atoms with E-state index in [1.807, 2.05) is 12.1 Å². The van der Waals surface area contributed by atoms with Gasteiger partial charge in [0.25, 0.3) is 0 Å². The number of hydrogen-bond acceptors (Lipinski definition) is 2. The van der Waals surface area contributed by atoms with E-state index < -0.39 is 0 Å². The maximum absolute atomic E-state index is 6.25. The van der Waals surface area contributed by atoms with Crippen molar-refractivity contribution in [3.8, 4) is 5.75 Å². The molecule has 2 aromatic rings. The van der Waals surface area contributed by atoms with Crippen molar-refractivity contribution < 1.29 is 4.74 Å². The van der Waals surface area contributed by atoms with Crippen LogP contribution >= 0.6 is 11.6 Å². The molecule has 1 aromatic carbocycles. The molecule has 4 heteroatoms. The van der Waals surface area contributed by atoms with Crippen LogP contribution in [0.1, 0.15) is 24.5 Å². The maximum Gasteiger partial charge on any atom is 0.143 e.